The fourth-order valence-electron chi connectivity index (χ4n) is 1.72. The summed E-state index contributed by atoms with van der Waals surface area (Å²) in [6.07, 6.45) is 1.38. The van der Waals surface area contributed by atoms with Crippen molar-refractivity contribution in [3.8, 4) is 17.0 Å². The van der Waals surface area contributed by atoms with Crippen molar-refractivity contribution in [3.63, 3.8) is 0 Å². The maximum Gasteiger partial charge on any atom is 0.307 e. The molecule has 0 atom stereocenters. The van der Waals surface area contributed by atoms with Gasteiger partial charge in [0.05, 0.1) is 25.4 Å². The highest BCUT2D eigenvalue weighted by Gasteiger charge is 2.15. The minimum absolute atomic E-state index is 0.110. The predicted molar refractivity (Wildman–Crippen MR) is 66.9 cm³/mol. The van der Waals surface area contributed by atoms with E-state index in [1.54, 1.807) is 25.3 Å². The number of aromatic amines is 1. The lowest BCUT2D eigenvalue weighted by molar-refractivity contribution is -0.136. The molecule has 0 fully saturated rings. The second-order valence-corrected chi connectivity index (χ2v) is 4.12. The van der Waals surface area contributed by atoms with Crippen molar-refractivity contribution in [1.82, 2.24) is 10.2 Å². The number of hydrogen-bond acceptors (Lipinski definition) is 3. The third-order valence-electron chi connectivity index (χ3n) is 2.49. The standard InChI is InChI=1S/C12H11ClN2O3/c1-18-10-3-2-8(13)5-9(10)12-7(4-11(16)17)6-14-15-12/h2-3,5-6H,4H2,1H3,(H,14,15)(H,16,17). The van der Waals surface area contributed by atoms with Gasteiger partial charge in [-0.05, 0) is 18.2 Å². The Balaban J connectivity index is 2.51. The third-order valence-corrected chi connectivity index (χ3v) is 2.73. The third kappa shape index (κ3) is 2.46. The molecule has 0 unspecified atom stereocenters. The molecule has 0 bridgehead atoms. The van der Waals surface area contributed by atoms with Crippen LogP contribution >= 0.6 is 11.6 Å². The Morgan fingerprint density at radius 3 is 3.00 bits per heavy atom. The summed E-state index contributed by atoms with van der Waals surface area (Å²) in [5, 5.41) is 16.0. The van der Waals surface area contributed by atoms with Gasteiger partial charge in [-0.15, -0.1) is 0 Å². The number of benzene rings is 1. The zero-order valence-electron chi connectivity index (χ0n) is 9.61. The highest BCUT2D eigenvalue weighted by Crippen LogP contribution is 2.33. The van der Waals surface area contributed by atoms with Gasteiger partial charge in [0.25, 0.3) is 0 Å². The molecule has 6 heteroatoms. The Bertz CT molecular complexity index is 580. The van der Waals surface area contributed by atoms with Gasteiger partial charge in [0.15, 0.2) is 0 Å². The number of nitrogens with one attached hydrogen (secondary N) is 1. The van der Waals surface area contributed by atoms with Crippen LogP contribution in [-0.4, -0.2) is 28.4 Å². The van der Waals surface area contributed by atoms with Crippen molar-refractivity contribution in [1.29, 1.82) is 0 Å². The number of aliphatic carboxylic acids is 1. The van der Waals surface area contributed by atoms with E-state index in [0.717, 1.165) is 0 Å². The largest absolute Gasteiger partial charge is 0.496 e. The fourth-order valence-corrected chi connectivity index (χ4v) is 1.89. The minimum Gasteiger partial charge on any atom is -0.496 e. The number of aromatic nitrogens is 2. The topological polar surface area (TPSA) is 75.2 Å². The molecule has 0 saturated carbocycles. The molecule has 2 N–H and O–H groups in total. The van der Waals surface area contributed by atoms with Crippen LogP contribution in [0.1, 0.15) is 5.56 Å². The predicted octanol–water partition coefficient (Wildman–Crippen LogP) is 2.37. The van der Waals surface area contributed by atoms with E-state index in [1.165, 1.54) is 6.20 Å². The van der Waals surface area contributed by atoms with E-state index in [0.29, 0.717) is 27.6 Å². The van der Waals surface area contributed by atoms with E-state index < -0.39 is 5.97 Å². The minimum atomic E-state index is -0.918. The van der Waals surface area contributed by atoms with Crippen LogP contribution in [0.5, 0.6) is 5.75 Å². The van der Waals surface area contributed by atoms with Crippen LogP contribution in [0.2, 0.25) is 5.02 Å². The molecule has 0 spiro atoms. The van der Waals surface area contributed by atoms with E-state index in [9.17, 15) is 4.79 Å². The number of ether oxygens (including phenoxy) is 1. The molecule has 5 nitrogen and oxygen atoms in total. The van der Waals surface area contributed by atoms with Gasteiger partial charge in [-0.3, -0.25) is 9.89 Å². The molecule has 1 aromatic heterocycles. The molecule has 0 aliphatic rings. The van der Waals surface area contributed by atoms with Crippen molar-refractivity contribution < 1.29 is 14.6 Å². The number of carboxylic acid groups (broad SMARTS) is 1. The lowest BCUT2D eigenvalue weighted by Gasteiger charge is -2.08. The van der Waals surface area contributed by atoms with Crippen LogP contribution in [0.3, 0.4) is 0 Å². The molecule has 94 valence electrons. The van der Waals surface area contributed by atoms with Crippen LogP contribution in [-0.2, 0) is 11.2 Å². The van der Waals surface area contributed by atoms with Gasteiger partial charge in [-0.25, -0.2) is 0 Å². The van der Waals surface area contributed by atoms with Crippen LogP contribution in [0.25, 0.3) is 11.3 Å². The van der Waals surface area contributed by atoms with Gasteiger partial charge in [0.1, 0.15) is 5.75 Å². The molecule has 18 heavy (non-hydrogen) atoms. The second kappa shape index (κ2) is 5.10. The first-order valence-electron chi connectivity index (χ1n) is 5.19. The van der Waals surface area contributed by atoms with Crippen LogP contribution in [0.15, 0.2) is 24.4 Å². The number of nitrogens with zero attached hydrogens (tertiary/aromatic N) is 1. The summed E-state index contributed by atoms with van der Waals surface area (Å²) in [6, 6.07) is 5.14. The summed E-state index contributed by atoms with van der Waals surface area (Å²) in [5.74, 6) is -0.311. The molecule has 0 amide bonds. The van der Waals surface area contributed by atoms with Gasteiger partial charge in [-0.2, -0.15) is 5.10 Å². The average molecular weight is 267 g/mol. The number of hydrogen-bond donors (Lipinski definition) is 2. The Morgan fingerprint density at radius 2 is 2.33 bits per heavy atom. The van der Waals surface area contributed by atoms with Crippen molar-refractivity contribution in [2.24, 2.45) is 0 Å². The van der Waals surface area contributed by atoms with E-state index in [1.807, 2.05) is 0 Å². The highest BCUT2D eigenvalue weighted by molar-refractivity contribution is 6.31. The molecular weight excluding hydrogens is 256 g/mol. The molecule has 0 saturated heterocycles. The maximum atomic E-state index is 10.8. The molecular formula is C12H11ClN2O3. The van der Waals surface area contributed by atoms with Crippen molar-refractivity contribution in [2.45, 2.75) is 6.42 Å². The number of H-pyrrole nitrogens is 1. The molecule has 0 radical (unpaired) electrons. The molecule has 2 rings (SSSR count). The lowest BCUT2D eigenvalue weighted by Crippen LogP contribution is -2.00. The van der Waals surface area contributed by atoms with Gasteiger partial charge < -0.3 is 9.84 Å². The quantitative estimate of drug-likeness (QED) is 0.891. The van der Waals surface area contributed by atoms with Crippen molar-refractivity contribution >= 4 is 17.6 Å². The SMILES string of the molecule is COc1ccc(Cl)cc1-c1[nH]ncc1CC(=O)O. The summed E-state index contributed by atoms with van der Waals surface area (Å²) < 4.78 is 5.23. The van der Waals surface area contributed by atoms with Gasteiger partial charge in [0, 0.05) is 16.1 Å². The first-order chi connectivity index (χ1) is 8.61. The second-order valence-electron chi connectivity index (χ2n) is 3.69. The van der Waals surface area contributed by atoms with Crippen LogP contribution in [0.4, 0.5) is 0 Å². The molecule has 0 aliphatic heterocycles. The monoisotopic (exact) mass is 266 g/mol. The number of halogens is 1. The van der Waals surface area contributed by atoms with Crippen molar-refractivity contribution in [2.75, 3.05) is 7.11 Å². The lowest BCUT2D eigenvalue weighted by atomic mass is 10.1. The highest BCUT2D eigenvalue weighted by atomic mass is 35.5. The number of carbonyl (C=O) groups is 1. The fraction of sp³-hybridized carbons (Fsp3) is 0.167. The molecule has 2 aromatic rings. The smallest absolute Gasteiger partial charge is 0.307 e. The normalized spacial score (nSPS) is 10.3. The first-order valence-corrected chi connectivity index (χ1v) is 5.57. The van der Waals surface area contributed by atoms with Crippen LogP contribution in [0, 0.1) is 0 Å². The van der Waals surface area contributed by atoms with Gasteiger partial charge >= 0.3 is 5.97 Å². The summed E-state index contributed by atoms with van der Waals surface area (Å²) in [6.45, 7) is 0. The number of carboxylic acids is 1. The number of rotatable bonds is 4. The summed E-state index contributed by atoms with van der Waals surface area (Å²) >= 11 is 5.94. The Kier molecular flexibility index (Phi) is 3.53. The summed E-state index contributed by atoms with van der Waals surface area (Å²) in [7, 11) is 1.54. The van der Waals surface area contributed by atoms with Gasteiger partial charge in [0.2, 0.25) is 0 Å². The van der Waals surface area contributed by atoms with Crippen molar-refractivity contribution in [3.05, 3.63) is 35.0 Å². The van der Waals surface area contributed by atoms with E-state index in [-0.39, 0.29) is 6.42 Å². The van der Waals surface area contributed by atoms with E-state index in [4.69, 9.17) is 21.4 Å². The molecule has 1 heterocycles. The Labute approximate surface area is 108 Å². The first kappa shape index (κ1) is 12.4. The summed E-state index contributed by atoms with van der Waals surface area (Å²) in [5.41, 5.74) is 1.89. The zero-order chi connectivity index (χ0) is 13.1. The Hall–Kier alpha value is -2.01. The molecule has 1 aromatic carbocycles. The summed E-state index contributed by atoms with van der Waals surface area (Å²) in [4.78, 5) is 10.8. The van der Waals surface area contributed by atoms with Crippen LogP contribution < -0.4 is 4.74 Å². The zero-order valence-corrected chi connectivity index (χ0v) is 10.4. The molecule has 0 aliphatic carbocycles. The van der Waals surface area contributed by atoms with E-state index in [2.05, 4.69) is 10.2 Å². The average Bonchev–Trinajstić information content (AvgIpc) is 2.76. The Morgan fingerprint density at radius 1 is 1.56 bits per heavy atom. The maximum absolute atomic E-state index is 10.8. The van der Waals surface area contributed by atoms with Gasteiger partial charge in [-0.1, -0.05) is 11.6 Å². The van der Waals surface area contributed by atoms with E-state index >= 15 is 0 Å². The number of methoxy groups -OCH3 is 1.